The van der Waals surface area contributed by atoms with Crippen LogP contribution < -0.4 is 9.47 Å². The van der Waals surface area contributed by atoms with Gasteiger partial charge in [0.2, 0.25) is 5.91 Å². The molecular formula is C23H27FN2O3. The van der Waals surface area contributed by atoms with Crippen molar-refractivity contribution in [2.45, 2.75) is 19.3 Å². The van der Waals surface area contributed by atoms with E-state index in [1.165, 1.54) is 17.7 Å². The van der Waals surface area contributed by atoms with Gasteiger partial charge in [0.15, 0.2) is 11.5 Å². The summed E-state index contributed by atoms with van der Waals surface area (Å²) in [5.41, 5.74) is 2.13. The molecule has 0 bridgehead atoms. The average molecular weight is 398 g/mol. The number of rotatable bonds is 6. The van der Waals surface area contributed by atoms with Crippen molar-refractivity contribution in [3.8, 4) is 11.5 Å². The van der Waals surface area contributed by atoms with Gasteiger partial charge in [-0.05, 0) is 54.8 Å². The molecule has 2 aliphatic heterocycles. The lowest BCUT2D eigenvalue weighted by Crippen LogP contribution is -2.49. The van der Waals surface area contributed by atoms with Gasteiger partial charge < -0.3 is 14.4 Å². The zero-order chi connectivity index (χ0) is 20.1. The third-order valence-electron chi connectivity index (χ3n) is 5.54. The second-order valence-electron chi connectivity index (χ2n) is 7.61. The molecule has 1 amide bonds. The molecule has 2 aromatic rings. The maximum absolute atomic E-state index is 13.0. The Hall–Kier alpha value is -2.60. The number of hydrogen-bond acceptors (Lipinski definition) is 4. The summed E-state index contributed by atoms with van der Waals surface area (Å²) in [6, 6.07) is 12.5. The minimum atomic E-state index is -0.189. The Morgan fingerprint density at radius 1 is 0.897 bits per heavy atom. The van der Waals surface area contributed by atoms with Crippen LogP contribution in [0.5, 0.6) is 11.5 Å². The summed E-state index contributed by atoms with van der Waals surface area (Å²) in [5.74, 6) is 1.45. The Bertz CT molecular complexity index is 833. The molecular weight excluding hydrogens is 371 g/mol. The first-order valence-electron chi connectivity index (χ1n) is 10.3. The second-order valence-corrected chi connectivity index (χ2v) is 7.61. The number of amides is 1. The molecule has 0 N–H and O–H groups in total. The van der Waals surface area contributed by atoms with Gasteiger partial charge in [0.25, 0.3) is 0 Å². The van der Waals surface area contributed by atoms with E-state index in [1.807, 2.05) is 35.2 Å². The van der Waals surface area contributed by atoms with Crippen LogP contribution in [0.2, 0.25) is 0 Å². The third-order valence-corrected chi connectivity index (χ3v) is 5.54. The number of aryl methyl sites for hydroxylation is 1. The maximum atomic E-state index is 13.0. The molecule has 1 fully saturated rings. The van der Waals surface area contributed by atoms with E-state index in [-0.39, 0.29) is 11.7 Å². The van der Waals surface area contributed by atoms with Crippen LogP contribution in [0, 0.1) is 5.82 Å². The zero-order valence-corrected chi connectivity index (χ0v) is 16.6. The van der Waals surface area contributed by atoms with Crippen molar-refractivity contribution in [1.82, 2.24) is 9.80 Å². The Balaban J connectivity index is 1.20. The molecule has 2 heterocycles. The molecule has 0 aliphatic carbocycles. The molecule has 0 saturated carbocycles. The summed E-state index contributed by atoms with van der Waals surface area (Å²) in [5, 5.41) is 0. The van der Waals surface area contributed by atoms with E-state index in [0.29, 0.717) is 19.6 Å². The van der Waals surface area contributed by atoms with Crippen LogP contribution in [-0.4, -0.2) is 61.6 Å². The second kappa shape index (κ2) is 9.27. The minimum absolute atomic E-state index is 0.160. The van der Waals surface area contributed by atoms with Crippen molar-refractivity contribution in [3.63, 3.8) is 0 Å². The van der Waals surface area contributed by atoms with Crippen LogP contribution in [0.1, 0.15) is 17.5 Å². The molecule has 5 nitrogen and oxygen atoms in total. The topological polar surface area (TPSA) is 42.0 Å². The van der Waals surface area contributed by atoms with E-state index < -0.39 is 0 Å². The lowest BCUT2D eigenvalue weighted by Gasteiger charge is -2.35. The van der Waals surface area contributed by atoms with Gasteiger partial charge >= 0.3 is 0 Å². The van der Waals surface area contributed by atoms with Crippen molar-refractivity contribution >= 4 is 5.91 Å². The molecule has 29 heavy (non-hydrogen) atoms. The fraction of sp³-hybridized carbons (Fsp3) is 0.435. The molecule has 0 atom stereocenters. The van der Waals surface area contributed by atoms with Crippen molar-refractivity contribution in [2.24, 2.45) is 0 Å². The van der Waals surface area contributed by atoms with Gasteiger partial charge in [0.1, 0.15) is 19.0 Å². The Labute approximate surface area is 171 Å². The minimum Gasteiger partial charge on any atom is -0.486 e. The third kappa shape index (κ3) is 5.26. The molecule has 4 rings (SSSR count). The average Bonchev–Trinajstić information content (AvgIpc) is 2.75. The number of halogens is 1. The highest BCUT2D eigenvalue weighted by Crippen LogP contribution is 2.31. The maximum Gasteiger partial charge on any atom is 0.227 e. The van der Waals surface area contributed by atoms with Crippen molar-refractivity contribution in [1.29, 1.82) is 0 Å². The molecule has 0 radical (unpaired) electrons. The predicted octanol–water partition coefficient (Wildman–Crippen LogP) is 2.92. The Morgan fingerprint density at radius 2 is 1.59 bits per heavy atom. The van der Waals surface area contributed by atoms with Crippen LogP contribution in [0.25, 0.3) is 0 Å². The molecule has 154 valence electrons. The van der Waals surface area contributed by atoms with Crippen molar-refractivity contribution < 1.29 is 18.7 Å². The van der Waals surface area contributed by atoms with E-state index in [0.717, 1.165) is 62.6 Å². The summed E-state index contributed by atoms with van der Waals surface area (Å²) < 4.78 is 24.1. The number of piperazine rings is 1. The highest BCUT2D eigenvalue weighted by Gasteiger charge is 2.21. The van der Waals surface area contributed by atoms with Gasteiger partial charge in [-0.3, -0.25) is 9.69 Å². The predicted molar refractivity (Wildman–Crippen MR) is 109 cm³/mol. The molecule has 0 unspecified atom stereocenters. The largest absolute Gasteiger partial charge is 0.486 e. The van der Waals surface area contributed by atoms with E-state index in [2.05, 4.69) is 4.90 Å². The van der Waals surface area contributed by atoms with E-state index in [4.69, 9.17) is 9.47 Å². The Morgan fingerprint density at radius 3 is 2.34 bits per heavy atom. The summed E-state index contributed by atoms with van der Waals surface area (Å²) >= 11 is 0. The SMILES string of the molecule is O=C(Cc1ccc2c(c1)OCCO2)N1CCN(CCCc2ccc(F)cc2)CC1. The van der Waals surface area contributed by atoms with E-state index >= 15 is 0 Å². The van der Waals surface area contributed by atoms with Gasteiger partial charge in [-0.15, -0.1) is 0 Å². The molecule has 0 aromatic heterocycles. The van der Waals surface area contributed by atoms with Crippen LogP contribution in [-0.2, 0) is 17.6 Å². The molecule has 1 saturated heterocycles. The summed E-state index contributed by atoms with van der Waals surface area (Å²) in [6.07, 6.45) is 2.38. The summed E-state index contributed by atoms with van der Waals surface area (Å²) in [6.45, 7) is 5.45. The number of nitrogens with zero attached hydrogens (tertiary/aromatic N) is 2. The summed E-state index contributed by atoms with van der Waals surface area (Å²) in [4.78, 5) is 17.0. The van der Waals surface area contributed by atoms with Gasteiger partial charge in [-0.1, -0.05) is 18.2 Å². The number of fused-ring (bicyclic) bond motifs is 1. The fourth-order valence-corrected chi connectivity index (χ4v) is 3.86. The molecule has 0 spiro atoms. The van der Waals surface area contributed by atoms with Crippen molar-refractivity contribution in [3.05, 3.63) is 59.4 Å². The molecule has 6 heteroatoms. The first-order valence-corrected chi connectivity index (χ1v) is 10.3. The normalized spacial score (nSPS) is 16.7. The number of carbonyl (C=O) groups excluding carboxylic acids is 1. The van der Waals surface area contributed by atoms with Crippen LogP contribution in [0.15, 0.2) is 42.5 Å². The lowest BCUT2D eigenvalue weighted by atomic mass is 10.1. The smallest absolute Gasteiger partial charge is 0.227 e. The number of hydrogen-bond donors (Lipinski definition) is 0. The standard InChI is InChI=1S/C23H27FN2O3/c24-20-6-3-18(4-7-20)2-1-9-25-10-12-26(13-11-25)23(27)17-19-5-8-21-22(16-19)29-15-14-28-21/h3-8,16H,1-2,9-15,17H2. The van der Waals surface area contributed by atoms with Crippen LogP contribution in [0.4, 0.5) is 4.39 Å². The first-order chi connectivity index (χ1) is 14.2. The van der Waals surface area contributed by atoms with Gasteiger partial charge in [-0.25, -0.2) is 4.39 Å². The highest BCUT2D eigenvalue weighted by molar-refractivity contribution is 5.79. The van der Waals surface area contributed by atoms with Crippen molar-refractivity contribution in [2.75, 3.05) is 45.9 Å². The first kappa shape index (κ1) is 19.7. The monoisotopic (exact) mass is 398 g/mol. The van der Waals surface area contributed by atoms with Gasteiger partial charge in [-0.2, -0.15) is 0 Å². The van der Waals surface area contributed by atoms with Gasteiger partial charge in [0.05, 0.1) is 6.42 Å². The van der Waals surface area contributed by atoms with Crippen LogP contribution in [0.3, 0.4) is 0 Å². The molecule has 2 aliphatic rings. The van der Waals surface area contributed by atoms with E-state index in [9.17, 15) is 9.18 Å². The number of benzene rings is 2. The number of carbonyl (C=O) groups is 1. The Kier molecular flexibility index (Phi) is 6.30. The quantitative estimate of drug-likeness (QED) is 0.750. The zero-order valence-electron chi connectivity index (χ0n) is 16.6. The summed E-state index contributed by atoms with van der Waals surface area (Å²) in [7, 11) is 0. The lowest BCUT2D eigenvalue weighted by molar-refractivity contribution is -0.132. The van der Waals surface area contributed by atoms with Crippen LogP contribution >= 0.6 is 0 Å². The molecule has 2 aromatic carbocycles. The fourth-order valence-electron chi connectivity index (χ4n) is 3.86. The highest BCUT2D eigenvalue weighted by atomic mass is 19.1. The number of ether oxygens (including phenoxy) is 2. The van der Waals surface area contributed by atoms with E-state index in [1.54, 1.807) is 0 Å². The van der Waals surface area contributed by atoms with Gasteiger partial charge in [0, 0.05) is 26.2 Å².